The molecule has 1 heterocycles. The highest BCUT2D eigenvalue weighted by Gasteiger charge is 2.40. The van der Waals surface area contributed by atoms with Crippen LogP contribution in [0.15, 0.2) is 0 Å². The summed E-state index contributed by atoms with van der Waals surface area (Å²) in [7, 11) is 0. The number of halogens is 4. The Labute approximate surface area is 99.4 Å². The Morgan fingerprint density at radius 3 is 2.59 bits per heavy atom. The fourth-order valence-electron chi connectivity index (χ4n) is 2.03. The van der Waals surface area contributed by atoms with E-state index in [0.717, 1.165) is 38.9 Å². The molecule has 1 atom stereocenters. The molecule has 0 saturated carbocycles. The molecule has 102 valence electrons. The van der Waals surface area contributed by atoms with Crippen molar-refractivity contribution >= 4 is 0 Å². The lowest BCUT2D eigenvalue weighted by Crippen LogP contribution is -2.43. The van der Waals surface area contributed by atoms with Gasteiger partial charge in [-0.15, -0.1) is 0 Å². The van der Waals surface area contributed by atoms with Crippen LogP contribution in [0.5, 0.6) is 0 Å². The first-order valence-electron chi connectivity index (χ1n) is 6.07. The first-order valence-corrected chi connectivity index (χ1v) is 6.07. The van der Waals surface area contributed by atoms with Crippen molar-refractivity contribution in [2.24, 2.45) is 0 Å². The number of hydrogen-bond donors (Lipinski definition) is 1. The highest BCUT2D eigenvalue weighted by molar-refractivity contribution is 4.79. The van der Waals surface area contributed by atoms with Crippen LogP contribution in [0.3, 0.4) is 0 Å². The SMILES string of the molecule is CCN1CCCC(NCC(F)(F)C(F)F)CC1. The molecular weight excluding hydrogens is 236 g/mol. The van der Waals surface area contributed by atoms with E-state index in [4.69, 9.17) is 0 Å². The van der Waals surface area contributed by atoms with Gasteiger partial charge in [-0.25, -0.2) is 8.78 Å². The summed E-state index contributed by atoms with van der Waals surface area (Å²) in [5, 5.41) is 2.57. The zero-order valence-electron chi connectivity index (χ0n) is 10.1. The van der Waals surface area contributed by atoms with E-state index in [1.807, 2.05) is 0 Å². The molecule has 0 aliphatic carbocycles. The number of nitrogens with one attached hydrogen (secondary N) is 1. The van der Waals surface area contributed by atoms with Crippen LogP contribution in [0.25, 0.3) is 0 Å². The average Bonchev–Trinajstić information content (AvgIpc) is 2.51. The maximum absolute atomic E-state index is 12.7. The smallest absolute Gasteiger partial charge is 0.308 e. The van der Waals surface area contributed by atoms with E-state index in [1.54, 1.807) is 0 Å². The van der Waals surface area contributed by atoms with Crippen molar-refractivity contribution in [3.8, 4) is 0 Å². The monoisotopic (exact) mass is 256 g/mol. The van der Waals surface area contributed by atoms with Crippen LogP contribution >= 0.6 is 0 Å². The molecule has 1 aliphatic heterocycles. The van der Waals surface area contributed by atoms with Crippen LogP contribution in [-0.2, 0) is 0 Å². The van der Waals surface area contributed by atoms with Gasteiger partial charge in [0.15, 0.2) is 0 Å². The zero-order valence-corrected chi connectivity index (χ0v) is 10.1. The number of nitrogens with zero attached hydrogens (tertiary/aromatic N) is 1. The van der Waals surface area contributed by atoms with Gasteiger partial charge in [0, 0.05) is 6.04 Å². The van der Waals surface area contributed by atoms with Crippen molar-refractivity contribution in [3.63, 3.8) is 0 Å². The van der Waals surface area contributed by atoms with E-state index in [9.17, 15) is 17.6 Å². The van der Waals surface area contributed by atoms with Crippen molar-refractivity contribution in [2.45, 2.75) is 44.6 Å². The Morgan fingerprint density at radius 2 is 2.00 bits per heavy atom. The molecule has 0 aromatic rings. The zero-order chi connectivity index (χ0) is 12.9. The molecule has 2 nitrogen and oxygen atoms in total. The summed E-state index contributed by atoms with van der Waals surface area (Å²) in [6.45, 7) is 3.87. The molecule has 0 bridgehead atoms. The third-order valence-electron chi connectivity index (χ3n) is 3.21. The van der Waals surface area contributed by atoms with Crippen LogP contribution in [0, 0.1) is 0 Å². The van der Waals surface area contributed by atoms with E-state index in [0.29, 0.717) is 0 Å². The van der Waals surface area contributed by atoms with Gasteiger partial charge in [0.2, 0.25) is 0 Å². The van der Waals surface area contributed by atoms with Gasteiger partial charge in [0.1, 0.15) is 0 Å². The maximum Gasteiger partial charge on any atom is 0.319 e. The van der Waals surface area contributed by atoms with Crippen molar-refractivity contribution in [1.82, 2.24) is 10.2 Å². The van der Waals surface area contributed by atoms with Crippen molar-refractivity contribution < 1.29 is 17.6 Å². The van der Waals surface area contributed by atoms with Gasteiger partial charge >= 0.3 is 12.3 Å². The van der Waals surface area contributed by atoms with E-state index >= 15 is 0 Å². The van der Waals surface area contributed by atoms with E-state index in [-0.39, 0.29) is 6.04 Å². The lowest BCUT2D eigenvalue weighted by atomic mass is 10.1. The normalized spacial score (nSPS) is 24.0. The first kappa shape index (κ1) is 14.7. The van der Waals surface area contributed by atoms with Crippen LogP contribution in [-0.4, -0.2) is 49.5 Å². The van der Waals surface area contributed by atoms with Crippen molar-refractivity contribution in [1.29, 1.82) is 0 Å². The highest BCUT2D eigenvalue weighted by atomic mass is 19.3. The van der Waals surface area contributed by atoms with Gasteiger partial charge in [-0.1, -0.05) is 6.92 Å². The van der Waals surface area contributed by atoms with Gasteiger partial charge in [-0.3, -0.25) is 0 Å². The standard InChI is InChI=1S/C11H20F4N2/c1-2-17-6-3-4-9(5-7-17)16-8-11(14,15)10(12)13/h9-10,16H,2-8H2,1H3. The van der Waals surface area contributed by atoms with Crippen molar-refractivity contribution in [2.75, 3.05) is 26.2 Å². The van der Waals surface area contributed by atoms with E-state index in [1.165, 1.54) is 0 Å². The average molecular weight is 256 g/mol. The summed E-state index contributed by atoms with van der Waals surface area (Å²) >= 11 is 0. The molecule has 1 unspecified atom stereocenters. The van der Waals surface area contributed by atoms with Gasteiger partial charge in [0.05, 0.1) is 6.54 Å². The van der Waals surface area contributed by atoms with E-state index in [2.05, 4.69) is 17.1 Å². The molecule has 1 fully saturated rings. The summed E-state index contributed by atoms with van der Waals surface area (Å²) in [5.41, 5.74) is 0. The maximum atomic E-state index is 12.7. The second kappa shape index (κ2) is 6.54. The summed E-state index contributed by atoms with van der Waals surface area (Å²) in [6, 6.07) is -0.0730. The molecule has 0 aromatic carbocycles. The molecule has 1 saturated heterocycles. The van der Waals surface area contributed by atoms with Crippen LogP contribution < -0.4 is 5.32 Å². The van der Waals surface area contributed by atoms with Crippen LogP contribution in [0.4, 0.5) is 17.6 Å². The summed E-state index contributed by atoms with van der Waals surface area (Å²) in [5.74, 6) is -3.92. The molecular formula is C11H20F4N2. The number of alkyl halides is 4. The molecule has 0 amide bonds. The minimum atomic E-state index is -3.92. The largest absolute Gasteiger partial charge is 0.319 e. The van der Waals surface area contributed by atoms with Crippen molar-refractivity contribution in [3.05, 3.63) is 0 Å². The molecule has 0 spiro atoms. The van der Waals surface area contributed by atoms with E-state index < -0.39 is 18.9 Å². The molecule has 1 N–H and O–H groups in total. The third kappa shape index (κ3) is 4.79. The Kier molecular flexibility index (Phi) is 5.66. The Balaban J connectivity index is 2.32. The summed E-state index contributed by atoms with van der Waals surface area (Å²) < 4.78 is 49.4. The fraction of sp³-hybridized carbons (Fsp3) is 1.00. The third-order valence-corrected chi connectivity index (χ3v) is 3.21. The Bertz CT molecular complexity index is 224. The minimum absolute atomic E-state index is 0.0730. The predicted octanol–water partition coefficient (Wildman–Crippen LogP) is 2.35. The first-order chi connectivity index (χ1) is 7.95. The second-order valence-corrected chi connectivity index (χ2v) is 4.50. The molecule has 0 radical (unpaired) electrons. The second-order valence-electron chi connectivity index (χ2n) is 4.50. The number of rotatable bonds is 5. The molecule has 17 heavy (non-hydrogen) atoms. The molecule has 1 aliphatic rings. The highest BCUT2D eigenvalue weighted by Crippen LogP contribution is 2.22. The summed E-state index contributed by atoms with van der Waals surface area (Å²) in [4.78, 5) is 2.24. The molecule has 6 heteroatoms. The predicted molar refractivity (Wildman–Crippen MR) is 58.7 cm³/mol. The van der Waals surface area contributed by atoms with Gasteiger partial charge in [-0.2, -0.15) is 8.78 Å². The number of likely N-dealkylation sites (tertiary alicyclic amines) is 1. The Hall–Kier alpha value is -0.360. The topological polar surface area (TPSA) is 15.3 Å². The fourth-order valence-corrected chi connectivity index (χ4v) is 2.03. The van der Waals surface area contributed by atoms with Gasteiger partial charge < -0.3 is 10.2 Å². The van der Waals surface area contributed by atoms with Crippen LogP contribution in [0.2, 0.25) is 0 Å². The lowest BCUT2D eigenvalue weighted by Gasteiger charge is -2.21. The quantitative estimate of drug-likeness (QED) is 0.760. The molecule has 1 rings (SSSR count). The molecule has 0 aromatic heterocycles. The lowest BCUT2D eigenvalue weighted by molar-refractivity contribution is -0.126. The minimum Gasteiger partial charge on any atom is -0.308 e. The van der Waals surface area contributed by atoms with Gasteiger partial charge in [-0.05, 0) is 38.9 Å². The summed E-state index contributed by atoms with van der Waals surface area (Å²) in [6.07, 6.45) is -1.15. The van der Waals surface area contributed by atoms with Crippen LogP contribution in [0.1, 0.15) is 26.2 Å². The Morgan fingerprint density at radius 1 is 1.29 bits per heavy atom. The number of hydrogen-bond acceptors (Lipinski definition) is 2. The van der Waals surface area contributed by atoms with Gasteiger partial charge in [0.25, 0.3) is 0 Å².